The summed E-state index contributed by atoms with van der Waals surface area (Å²) < 4.78 is 0. The van der Waals surface area contributed by atoms with Gasteiger partial charge in [-0.15, -0.1) is 0 Å². The zero-order valence-corrected chi connectivity index (χ0v) is 22.5. The van der Waals surface area contributed by atoms with Gasteiger partial charge in [-0.2, -0.15) is 0 Å². The number of likely N-dealkylation sites (tertiary alicyclic amines) is 2. The Morgan fingerprint density at radius 1 is 0.825 bits per heavy atom. The maximum Gasteiger partial charge on any atom is 0.272 e. The Kier molecular flexibility index (Phi) is 7.70. The Bertz CT molecular complexity index is 1350. The number of nitrogens with zero attached hydrogens (tertiary/aromatic N) is 6. The lowest BCUT2D eigenvalue weighted by Gasteiger charge is -2.43. The molecule has 6 rings (SSSR count). The molecule has 0 bridgehead atoms. The number of benzene rings is 1. The van der Waals surface area contributed by atoms with Crippen molar-refractivity contribution in [3.63, 3.8) is 0 Å². The molecule has 0 saturated carbocycles. The number of pyridine rings is 1. The standard InChI is InChI=1S/C30H35N7O3/c38-27-19-37(16-11-26(27)36-13-8-21-5-1-2-6-22(21)18-36)30(40)25-17-28(33-20-32-25)34-23-9-14-35(15-10-23)29(39)24-7-3-4-12-31-24/h1-7,12,17,20,23,26-27,38H,8-11,13-16,18-19H2,(H,32,33,34)/t26-,27-/m1/s1. The van der Waals surface area contributed by atoms with E-state index in [-0.39, 0.29) is 30.4 Å². The van der Waals surface area contributed by atoms with Gasteiger partial charge in [0.25, 0.3) is 11.8 Å². The third-order valence-corrected chi connectivity index (χ3v) is 8.37. The normalized spacial score (nSPS) is 22.0. The van der Waals surface area contributed by atoms with Crippen molar-refractivity contribution in [1.82, 2.24) is 29.7 Å². The van der Waals surface area contributed by atoms with E-state index in [0.717, 1.165) is 38.8 Å². The van der Waals surface area contributed by atoms with Crippen LogP contribution in [0.4, 0.5) is 5.82 Å². The fraction of sp³-hybridized carbons (Fsp3) is 0.433. The summed E-state index contributed by atoms with van der Waals surface area (Å²) in [6.07, 6.45) is 5.68. The summed E-state index contributed by atoms with van der Waals surface area (Å²) in [7, 11) is 0. The van der Waals surface area contributed by atoms with E-state index in [1.807, 2.05) is 11.0 Å². The Balaban J connectivity index is 1.02. The second-order valence-electron chi connectivity index (χ2n) is 10.9. The van der Waals surface area contributed by atoms with E-state index < -0.39 is 6.10 Å². The summed E-state index contributed by atoms with van der Waals surface area (Å²) in [5, 5.41) is 14.4. The number of aliphatic hydroxyl groups is 1. The quantitative estimate of drug-likeness (QED) is 0.506. The number of amides is 2. The van der Waals surface area contributed by atoms with Gasteiger partial charge < -0.3 is 20.2 Å². The van der Waals surface area contributed by atoms with Gasteiger partial charge in [0.2, 0.25) is 0 Å². The molecule has 2 amide bonds. The fourth-order valence-corrected chi connectivity index (χ4v) is 6.13. The summed E-state index contributed by atoms with van der Waals surface area (Å²) in [4.78, 5) is 44.6. The molecule has 2 fully saturated rings. The van der Waals surface area contributed by atoms with Crippen molar-refractivity contribution in [2.24, 2.45) is 0 Å². The van der Waals surface area contributed by atoms with E-state index in [9.17, 15) is 14.7 Å². The molecule has 3 aliphatic rings. The van der Waals surface area contributed by atoms with Crippen molar-refractivity contribution >= 4 is 17.6 Å². The largest absolute Gasteiger partial charge is 0.390 e. The number of β-amino-alcohol motifs (C(OH)–C–C–N with tert-alkyl or cyclic N) is 1. The molecule has 3 aliphatic heterocycles. The van der Waals surface area contributed by atoms with Crippen LogP contribution in [0.3, 0.4) is 0 Å². The second-order valence-corrected chi connectivity index (χ2v) is 10.9. The fourth-order valence-electron chi connectivity index (χ4n) is 6.13. The predicted octanol–water partition coefficient (Wildman–Crippen LogP) is 2.22. The minimum atomic E-state index is -0.610. The second kappa shape index (κ2) is 11.7. The number of carbonyl (C=O) groups excluding carboxylic acids is 2. The number of carbonyl (C=O) groups is 2. The number of aliphatic hydroxyl groups excluding tert-OH is 1. The molecular weight excluding hydrogens is 506 g/mol. The molecule has 0 unspecified atom stereocenters. The van der Waals surface area contributed by atoms with Crippen molar-refractivity contribution in [1.29, 1.82) is 0 Å². The zero-order valence-electron chi connectivity index (χ0n) is 22.5. The van der Waals surface area contributed by atoms with Gasteiger partial charge in [0.05, 0.1) is 6.10 Å². The highest BCUT2D eigenvalue weighted by Gasteiger charge is 2.36. The van der Waals surface area contributed by atoms with E-state index in [4.69, 9.17) is 0 Å². The van der Waals surface area contributed by atoms with Crippen molar-refractivity contribution in [2.45, 2.75) is 50.4 Å². The molecular formula is C30H35N7O3. The van der Waals surface area contributed by atoms with Crippen molar-refractivity contribution in [3.8, 4) is 0 Å². The van der Waals surface area contributed by atoms with Crippen LogP contribution in [0.5, 0.6) is 0 Å². The SMILES string of the molecule is O=C(c1ccccn1)N1CCC(Nc2cc(C(=O)N3CC[C@@H](N4CCc5ccccc5C4)[C@H](O)C3)ncn2)CC1. The van der Waals surface area contributed by atoms with Crippen molar-refractivity contribution in [2.75, 3.05) is 38.0 Å². The number of nitrogens with one attached hydrogen (secondary N) is 1. The molecule has 0 spiro atoms. The molecule has 10 nitrogen and oxygen atoms in total. The minimum absolute atomic E-state index is 0.0375. The van der Waals surface area contributed by atoms with Crippen LogP contribution in [-0.2, 0) is 13.0 Å². The summed E-state index contributed by atoms with van der Waals surface area (Å²) in [6, 6.07) is 15.7. The number of piperidine rings is 2. The lowest BCUT2D eigenvalue weighted by molar-refractivity contribution is -0.0139. The monoisotopic (exact) mass is 541 g/mol. The molecule has 2 aromatic heterocycles. The number of hydrogen-bond donors (Lipinski definition) is 2. The third-order valence-electron chi connectivity index (χ3n) is 8.37. The third kappa shape index (κ3) is 5.68. The van der Waals surface area contributed by atoms with Gasteiger partial charge >= 0.3 is 0 Å². The molecule has 2 atom stereocenters. The lowest BCUT2D eigenvalue weighted by Crippen LogP contribution is -2.56. The first-order valence-corrected chi connectivity index (χ1v) is 14.1. The highest BCUT2D eigenvalue weighted by molar-refractivity contribution is 5.93. The first-order valence-electron chi connectivity index (χ1n) is 14.1. The maximum atomic E-state index is 13.3. The summed E-state index contributed by atoms with van der Waals surface area (Å²) >= 11 is 0. The van der Waals surface area contributed by atoms with Crippen LogP contribution >= 0.6 is 0 Å². The van der Waals surface area contributed by atoms with Gasteiger partial charge in [-0.1, -0.05) is 30.3 Å². The number of rotatable bonds is 5. The van der Waals surface area contributed by atoms with Gasteiger partial charge in [-0.3, -0.25) is 19.5 Å². The molecule has 10 heteroatoms. The van der Waals surface area contributed by atoms with Gasteiger partial charge in [-0.25, -0.2) is 9.97 Å². The zero-order chi connectivity index (χ0) is 27.5. The first-order chi connectivity index (χ1) is 19.5. The highest BCUT2D eigenvalue weighted by Crippen LogP contribution is 2.26. The van der Waals surface area contributed by atoms with Gasteiger partial charge in [0.1, 0.15) is 23.5 Å². The lowest BCUT2D eigenvalue weighted by atomic mass is 9.94. The molecule has 5 heterocycles. The summed E-state index contributed by atoms with van der Waals surface area (Å²) in [5.74, 6) is 0.350. The number of fused-ring (bicyclic) bond motifs is 1. The van der Waals surface area contributed by atoms with Crippen molar-refractivity contribution < 1.29 is 14.7 Å². The average Bonchev–Trinajstić information content (AvgIpc) is 3.01. The van der Waals surface area contributed by atoms with Crippen LogP contribution in [0.15, 0.2) is 61.1 Å². The van der Waals surface area contributed by atoms with E-state index in [2.05, 4.69) is 49.4 Å². The number of anilines is 1. The Labute approximate surface area is 234 Å². The average molecular weight is 542 g/mol. The topological polar surface area (TPSA) is 115 Å². The summed E-state index contributed by atoms with van der Waals surface area (Å²) in [5.41, 5.74) is 3.49. The number of hydrogen-bond acceptors (Lipinski definition) is 8. The van der Waals surface area contributed by atoms with E-state index in [1.165, 1.54) is 17.5 Å². The Morgan fingerprint density at radius 3 is 2.35 bits per heavy atom. The number of aromatic nitrogens is 3. The molecule has 208 valence electrons. The van der Waals surface area contributed by atoms with Crippen LogP contribution in [0.25, 0.3) is 0 Å². The predicted molar refractivity (Wildman–Crippen MR) is 150 cm³/mol. The van der Waals surface area contributed by atoms with Crippen LogP contribution in [0.1, 0.15) is 51.4 Å². The van der Waals surface area contributed by atoms with Gasteiger partial charge in [-0.05, 0) is 48.9 Å². The van der Waals surface area contributed by atoms with Gasteiger partial charge in [0.15, 0.2) is 0 Å². The molecule has 1 aromatic carbocycles. The Morgan fingerprint density at radius 2 is 1.57 bits per heavy atom. The van der Waals surface area contributed by atoms with E-state index in [0.29, 0.717) is 36.8 Å². The Hall–Kier alpha value is -3.89. The van der Waals surface area contributed by atoms with Crippen molar-refractivity contribution in [3.05, 3.63) is 83.6 Å². The highest BCUT2D eigenvalue weighted by atomic mass is 16.3. The maximum absolute atomic E-state index is 13.3. The molecule has 2 saturated heterocycles. The molecule has 2 N–H and O–H groups in total. The molecule has 40 heavy (non-hydrogen) atoms. The minimum Gasteiger partial charge on any atom is -0.390 e. The van der Waals surface area contributed by atoms with Crippen LogP contribution < -0.4 is 5.32 Å². The van der Waals surface area contributed by atoms with Crippen LogP contribution in [0.2, 0.25) is 0 Å². The van der Waals surface area contributed by atoms with Gasteiger partial charge in [0, 0.05) is 63.6 Å². The van der Waals surface area contributed by atoms with E-state index in [1.54, 1.807) is 29.3 Å². The van der Waals surface area contributed by atoms with E-state index >= 15 is 0 Å². The van der Waals surface area contributed by atoms with Crippen LogP contribution in [0, 0.1) is 0 Å². The molecule has 3 aromatic rings. The molecule has 0 aliphatic carbocycles. The first kappa shape index (κ1) is 26.3. The molecule has 0 radical (unpaired) electrons. The summed E-state index contributed by atoms with van der Waals surface area (Å²) in [6.45, 7) is 3.87. The van der Waals surface area contributed by atoms with Crippen LogP contribution in [-0.4, -0.2) is 97.5 Å². The smallest absolute Gasteiger partial charge is 0.272 e.